The predicted octanol–water partition coefficient (Wildman–Crippen LogP) is 5.22. The Morgan fingerprint density at radius 3 is 2.37 bits per heavy atom. The van der Waals surface area contributed by atoms with Crippen LogP contribution in [0.3, 0.4) is 0 Å². The maximum atomic E-state index is 15.2. The van der Waals surface area contributed by atoms with Crippen LogP contribution in [0, 0.1) is 5.82 Å². The lowest BCUT2D eigenvalue weighted by Gasteiger charge is -2.37. The second-order valence-electron chi connectivity index (χ2n) is 9.96. The first-order valence-corrected chi connectivity index (χ1v) is 12.1. The van der Waals surface area contributed by atoms with E-state index in [4.69, 9.17) is 5.73 Å². The molecule has 6 nitrogen and oxygen atoms in total. The van der Waals surface area contributed by atoms with Crippen molar-refractivity contribution in [2.24, 2.45) is 5.73 Å². The Labute approximate surface area is 212 Å². The third-order valence-corrected chi connectivity index (χ3v) is 7.58. The van der Waals surface area contributed by atoms with Crippen molar-refractivity contribution < 1.29 is 40.6 Å². The molecule has 38 heavy (non-hydrogen) atoms. The second-order valence-corrected chi connectivity index (χ2v) is 9.96. The Balaban J connectivity index is 1.35. The van der Waals surface area contributed by atoms with Gasteiger partial charge < -0.3 is 20.6 Å². The van der Waals surface area contributed by atoms with Crippen LogP contribution in [-0.2, 0) is 12.8 Å². The number of fused-ring (bicyclic) bond motifs is 3. The number of hydrogen-bond donors (Lipinski definition) is 3. The predicted molar refractivity (Wildman–Crippen MR) is 123 cm³/mol. The number of pyridine rings is 1. The number of aliphatic hydroxyl groups excluding tert-OH is 1. The lowest BCUT2D eigenvalue weighted by molar-refractivity contribution is -0.274. The van der Waals surface area contributed by atoms with E-state index in [1.54, 1.807) is 4.90 Å². The molecule has 3 heterocycles. The number of piperidine rings is 1. The molecule has 2 aromatic heterocycles. The van der Waals surface area contributed by atoms with Gasteiger partial charge in [0.05, 0.1) is 6.20 Å². The van der Waals surface area contributed by atoms with Gasteiger partial charge in [0.2, 0.25) is 0 Å². The van der Waals surface area contributed by atoms with Crippen molar-refractivity contribution in [1.82, 2.24) is 14.9 Å². The molecular weight excluding hydrogens is 521 g/mol. The van der Waals surface area contributed by atoms with Gasteiger partial charge in [-0.3, -0.25) is 4.90 Å². The molecule has 3 aromatic rings. The summed E-state index contributed by atoms with van der Waals surface area (Å²) in [4.78, 5) is 8.83. The van der Waals surface area contributed by atoms with Crippen LogP contribution < -0.4 is 10.5 Å². The third kappa shape index (κ3) is 4.94. The van der Waals surface area contributed by atoms with E-state index in [9.17, 15) is 31.4 Å². The monoisotopic (exact) mass is 546 g/mol. The summed E-state index contributed by atoms with van der Waals surface area (Å²) in [7, 11) is 0. The van der Waals surface area contributed by atoms with Crippen molar-refractivity contribution in [2.75, 3.05) is 13.1 Å². The van der Waals surface area contributed by atoms with Crippen LogP contribution in [0.1, 0.15) is 53.8 Å². The zero-order valence-corrected chi connectivity index (χ0v) is 20.0. The fraction of sp³-hybridized carbons (Fsp3) is 0.480. The highest BCUT2D eigenvalue weighted by atomic mass is 19.4. The molecule has 13 heteroatoms. The van der Waals surface area contributed by atoms with Gasteiger partial charge in [0.25, 0.3) is 0 Å². The van der Waals surface area contributed by atoms with Gasteiger partial charge in [0.15, 0.2) is 0 Å². The first kappa shape index (κ1) is 26.7. The van der Waals surface area contributed by atoms with Crippen molar-refractivity contribution in [2.45, 2.75) is 62.3 Å². The third-order valence-electron chi connectivity index (χ3n) is 7.58. The lowest BCUT2D eigenvalue weighted by atomic mass is 9.78. The molecule has 0 bridgehead atoms. The highest BCUT2D eigenvalue weighted by molar-refractivity contribution is 5.86. The van der Waals surface area contributed by atoms with Crippen molar-refractivity contribution >= 4 is 11.0 Å². The zero-order chi connectivity index (χ0) is 27.5. The van der Waals surface area contributed by atoms with Gasteiger partial charge >= 0.3 is 12.5 Å². The molecule has 5 rings (SSSR count). The van der Waals surface area contributed by atoms with E-state index in [-0.39, 0.29) is 18.8 Å². The van der Waals surface area contributed by atoms with E-state index >= 15 is 4.39 Å². The Kier molecular flexibility index (Phi) is 6.59. The Morgan fingerprint density at radius 1 is 1.11 bits per heavy atom. The Hall–Kier alpha value is -2.90. The van der Waals surface area contributed by atoms with Gasteiger partial charge in [-0.15, -0.1) is 13.2 Å². The zero-order valence-electron chi connectivity index (χ0n) is 20.0. The van der Waals surface area contributed by atoms with Gasteiger partial charge in [0.1, 0.15) is 29.0 Å². The number of nitrogens with two attached hydrogens (primary N) is 1. The number of halogens is 7. The van der Waals surface area contributed by atoms with E-state index in [1.807, 2.05) is 0 Å². The summed E-state index contributed by atoms with van der Waals surface area (Å²) in [5, 5.41) is 11.1. The number of nitrogens with zero attached hydrogens (tertiary/aromatic N) is 2. The molecule has 2 aliphatic rings. The minimum atomic E-state index is -4.83. The van der Waals surface area contributed by atoms with Crippen molar-refractivity contribution in [1.29, 1.82) is 0 Å². The summed E-state index contributed by atoms with van der Waals surface area (Å²) >= 11 is 0. The number of H-pyrrole nitrogens is 1. The van der Waals surface area contributed by atoms with Gasteiger partial charge in [-0.1, -0.05) is 12.1 Å². The quantitative estimate of drug-likeness (QED) is 0.391. The van der Waals surface area contributed by atoms with Gasteiger partial charge in [0, 0.05) is 36.2 Å². The maximum absolute atomic E-state index is 15.2. The fourth-order valence-electron chi connectivity index (χ4n) is 5.56. The fourth-order valence-corrected chi connectivity index (χ4v) is 5.56. The standard InChI is InChI=1S/C25H25F7N4O2/c26-17-12-34-21-20(16-11-23(33,24(27,28)29)8-5-18(16)35-21)19(17)13-6-9-36(10-7-13)22(37)14-1-3-15(4-2-14)38-25(30,31)32/h1-4,12-13,22,37H,5-11,33H2,(H,34,35). The minimum Gasteiger partial charge on any atom is -0.406 e. The summed E-state index contributed by atoms with van der Waals surface area (Å²) in [6.45, 7) is 0.651. The number of ether oxygens (including phenoxy) is 1. The van der Waals surface area contributed by atoms with E-state index in [2.05, 4.69) is 14.7 Å². The average molecular weight is 546 g/mol. The number of aromatic amines is 1. The van der Waals surface area contributed by atoms with Gasteiger partial charge in [-0.2, -0.15) is 13.2 Å². The molecule has 1 saturated heterocycles. The number of benzene rings is 1. The van der Waals surface area contributed by atoms with Gasteiger partial charge in [-0.25, -0.2) is 9.37 Å². The molecule has 206 valence electrons. The molecule has 2 unspecified atom stereocenters. The number of likely N-dealkylation sites (tertiary alicyclic amines) is 1. The normalized spacial score (nSPS) is 22.4. The van der Waals surface area contributed by atoms with E-state index < -0.39 is 42.3 Å². The molecule has 0 saturated carbocycles. The second kappa shape index (κ2) is 9.38. The number of rotatable bonds is 4. The van der Waals surface area contributed by atoms with Crippen LogP contribution >= 0.6 is 0 Å². The summed E-state index contributed by atoms with van der Waals surface area (Å²) < 4.78 is 97.3. The molecule has 0 radical (unpaired) electrons. The lowest BCUT2D eigenvalue weighted by Crippen LogP contribution is -2.56. The molecule has 1 aliphatic heterocycles. The molecule has 2 atom stereocenters. The molecule has 1 fully saturated rings. The topological polar surface area (TPSA) is 87.4 Å². The van der Waals surface area contributed by atoms with Crippen molar-refractivity contribution in [3.8, 4) is 5.75 Å². The first-order chi connectivity index (χ1) is 17.8. The van der Waals surface area contributed by atoms with Crippen molar-refractivity contribution in [3.63, 3.8) is 0 Å². The molecule has 4 N–H and O–H groups in total. The number of aliphatic hydroxyl groups is 1. The smallest absolute Gasteiger partial charge is 0.406 e. The number of hydrogen-bond acceptors (Lipinski definition) is 5. The highest BCUT2D eigenvalue weighted by Crippen LogP contribution is 2.44. The summed E-state index contributed by atoms with van der Waals surface area (Å²) in [6.07, 6.45) is -9.39. The van der Waals surface area contributed by atoms with Crippen LogP contribution in [0.4, 0.5) is 30.7 Å². The van der Waals surface area contributed by atoms with Crippen LogP contribution in [0.2, 0.25) is 0 Å². The number of aromatic nitrogens is 2. The van der Waals surface area contributed by atoms with Crippen molar-refractivity contribution in [3.05, 3.63) is 58.7 Å². The van der Waals surface area contributed by atoms with Crippen LogP contribution in [0.25, 0.3) is 11.0 Å². The molecule has 1 aliphatic carbocycles. The van der Waals surface area contributed by atoms with Gasteiger partial charge in [-0.05, 0) is 54.9 Å². The highest BCUT2D eigenvalue weighted by Gasteiger charge is 2.53. The first-order valence-electron chi connectivity index (χ1n) is 12.1. The Bertz CT molecular complexity index is 1310. The summed E-state index contributed by atoms with van der Waals surface area (Å²) in [5.41, 5.74) is 5.25. The number of aryl methyl sites for hydroxylation is 1. The largest absolute Gasteiger partial charge is 0.573 e. The number of nitrogens with one attached hydrogen (secondary N) is 1. The Morgan fingerprint density at radius 2 is 1.76 bits per heavy atom. The van der Waals surface area contributed by atoms with Crippen LogP contribution in [0.5, 0.6) is 5.75 Å². The average Bonchev–Trinajstić information content (AvgIpc) is 3.20. The molecule has 1 aromatic carbocycles. The molecule has 0 amide bonds. The minimum absolute atomic E-state index is 0.0696. The number of alkyl halides is 6. The maximum Gasteiger partial charge on any atom is 0.573 e. The molecule has 0 spiro atoms. The van der Waals surface area contributed by atoms with Crippen LogP contribution in [0.15, 0.2) is 30.5 Å². The van der Waals surface area contributed by atoms with Crippen LogP contribution in [-0.4, -0.2) is 51.1 Å². The van der Waals surface area contributed by atoms with E-state index in [0.717, 1.165) is 18.3 Å². The molecular formula is C25H25F7N4O2. The summed E-state index contributed by atoms with van der Waals surface area (Å²) in [5.74, 6) is -1.36. The SMILES string of the molecule is NC1(C(F)(F)F)CCc2[nH]c3ncc(F)c(C4CCN(C(O)c5ccc(OC(F)(F)F)cc5)CC4)c3c2C1. The summed E-state index contributed by atoms with van der Waals surface area (Å²) in [6, 6.07) is 4.87. The van der Waals surface area contributed by atoms with E-state index in [1.165, 1.54) is 12.1 Å². The van der Waals surface area contributed by atoms with E-state index in [0.29, 0.717) is 59.3 Å².